The van der Waals surface area contributed by atoms with Crippen LogP contribution in [0.4, 0.5) is 0 Å². The van der Waals surface area contributed by atoms with E-state index in [0.29, 0.717) is 6.10 Å². The number of nitrogens with one attached hydrogen (secondary N) is 1. The van der Waals surface area contributed by atoms with E-state index in [9.17, 15) is 0 Å². The fourth-order valence-corrected chi connectivity index (χ4v) is 3.77. The molecule has 21 heavy (non-hydrogen) atoms. The van der Waals surface area contributed by atoms with E-state index in [4.69, 9.17) is 4.74 Å². The second-order valence-electron chi connectivity index (χ2n) is 6.23. The van der Waals surface area contributed by atoms with E-state index in [1.54, 1.807) is 0 Å². The molecule has 1 aromatic carbocycles. The highest BCUT2D eigenvalue weighted by molar-refractivity contribution is 9.10. The molecule has 3 rings (SSSR count). The quantitative estimate of drug-likeness (QED) is 0.881. The Bertz CT molecular complexity index is 472. The third kappa shape index (κ3) is 3.99. The minimum Gasteiger partial charge on any atom is -0.488 e. The van der Waals surface area contributed by atoms with E-state index >= 15 is 0 Å². The van der Waals surface area contributed by atoms with E-state index < -0.39 is 0 Å². The molecule has 116 valence electrons. The van der Waals surface area contributed by atoms with Crippen LogP contribution in [0.5, 0.6) is 5.75 Å². The van der Waals surface area contributed by atoms with Gasteiger partial charge in [-0.3, -0.25) is 0 Å². The van der Waals surface area contributed by atoms with Gasteiger partial charge in [-0.15, -0.1) is 0 Å². The van der Waals surface area contributed by atoms with Crippen molar-refractivity contribution in [3.63, 3.8) is 0 Å². The highest BCUT2D eigenvalue weighted by Crippen LogP contribution is 2.31. The third-order valence-electron chi connectivity index (χ3n) is 4.72. The van der Waals surface area contributed by atoms with Gasteiger partial charge in [-0.05, 0) is 68.7 Å². The number of rotatable bonds is 5. The Hall–Kier alpha value is -0.580. The van der Waals surface area contributed by atoms with Gasteiger partial charge in [-0.1, -0.05) is 22.9 Å². The van der Waals surface area contributed by atoms with Crippen LogP contribution >= 0.6 is 15.9 Å². The summed E-state index contributed by atoms with van der Waals surface area (Å²) in [5, 5.41) is 3.62. The SMILES string of the molecule is CCN1CCC(CNCC2Cc3cc(Br)ccc3O2)CC1. The van der Waals surface area contributed by atoms with Crippen molar-refractivity contribution in [2.75, 3.05) is 32.7 Å². The lowest BCUT2D eigenvalue weighted by atomic mass is 9.97. The molecule has 0 aliphatic carbocycles. The van der Waals surface area contributed by atoms with Crippen LogP contribution < -0.4 is 10.1 Å². The lowest BCUT2D eigenvalue weighted by molar-refractivity contribution is 0.182. The van der Waals surface area contributed by atoms with Crippen molar-refractivity contribution in [1.82, 2.24) is 10.2 Å². The molecule has 1 aromatic rings. The highest BCUT2D eigenvalue weighted by Gasteiger charge is 2.23. The average molecular weight is 353 g/mol. The number of benzene rings is 1. The zero-order chi connectivity index (χ0) is 14.7. The number of halogens is 1. The van der Waals surface area contributed by atoms with E-state index in [1.807, 2.05) is 0 Å². The summed E-state index contributed by atoms with van der Waals surface area (Å²) in [6, 6.07) is 6.30. The summed E-state index contributed by atoms with van der Waals surface area (Å²) in [7, 11) is 0. The molecular formula is C17H25BrN2O. The molecule has 0 aromatic heterocycles. The Morgan fingerprint density at radius 3 is 2.86 bits per heavy atom. The van der Waals surface area contributed by atoms with E-state index in [2.05, 4.69) is 51.3 Å². The maximum atomic E-state index is 5.99. The molecule has 1 fully saturated rings. The van der Waals surface area contributed by atoms with Gasteiger partial charge in [0.25, 0.3) is 0 Å². The summed E-state index contributed by atoms with van der Waals surface area (Å²) < 4.78 is 7.13. The number of ether oxygens (including phenoxy) is 1. The topological polar surface area (TPSA) is 24.5 Å². The molecule has 2 aliphatic heterocycles. The summed E-state index contributed by atoms with van der Waals surface area (Å²) in [6.45, 7) is 8.08. The van der Waals surface area contributed by atoms with Crippen molar-refractivity contribution in [3.8, 4) is 5.75 Å². The third-order valence-corrected chi connectivity index (χ3v) is 5.22. The van der Waals surface area contributed by atoms with Crippen molar-refractivity contribution >= 4 is 15.9 Å². The van der Waals surface area contributed by atoms with Crippen LogP contribution in [0.1, 0.15) is 25.3 Å². The van der Waals surface area contributed by atoms with Crippen LogP contribution in [-0.4, -0.2) is 43.7 Å². The summed E-state index contributed by atoms with van der Waals surface area (Å²) >= 11 is 3.53. The molecule has 1 N–H and O–H groups in total. The van der Waals surface area contributed by atoms with Crippen molar-refractivity contribution in [1.29, 1.82) is 0 Å². The Morgan fingerprint density at radius 2 is 2.10 bits per heavy atom. The number of hydrogen-bond donors (Lipinski definition) is 1. The fraction of sp³-hybridized carbons (Fsp3) is 0.647. The summed E-state index contributed by atoms with van der Waals surface area (Å²) in [5.41, 5.74) is 1.33. The van der Waals surface area contributed by atoms with Gasteiger partial charge in [0.15, 0.2) is 0 Å². The molecule has 0 saturated carbocycles. The van der Waals surface area contributed by atoms with Gasteiger partial charge < -0.3 is 15.0 Å². The van der Waals surface area contributed by atoms with Gasteiger partial charge in [0.2, 0.25) is 0 Å². The molecule has 1 unspecified atom stereocenters. The van der Waals surface area contributed by atoms with Crippen LogP contribution in [0.25, 0.3) is 0 Å². The average Bonchev–Trinajstić information content (AvgIpc) is 2.89. The van der Waals surface area contributed by atoms with Gasteiger partial charge >= 0.3 is 0 Å². The van der Waals surface area contributed by atoms with Crippen LogP contribution in [0.15, 0.2) is 22.7 Å². The fourth-order valence-electron chi connectivity index (χ4n) is 3.36. The first-order valence-corrected chi connectivity index (χ1v) is 8.92. The predicted molar refractivity (Wildman–Crippen MR) is 90.0 cm³/mol. The zero-order valence-electron chi connectivity index (χ0n) is 12.8. The number of piperidine rings is 1. The largest absolute Gasteiger partial charge is 0.488 e. The van der Waals surface area contributed by atoms with Gasteiger partial charge in [-0.25, -0.2) is 0 Å². The minimum atomic E-state index is 0.296. The monoisotopic (exact) mass is 352 g/mol. The molecule has 0 radical (unpaired) electrons. The van der Waals surface area contributed by atoms with Crippen LogP contribution in [-0.2, 0) is 6.42 Å². The lowest BCUT2D eigenvalue weighted by Gasteiger charge is -2.31. The van der Waals surface area contributed by atoms with Crippen LogP contribution in [0, 0.1) is 5.92 Å². The first-order valence-electron chi connectivity index (χ1n) is 8.12. The molecular weight excluding hydrogens is 328 g/mol. The van der Waals surface area contributed by atoms with E-state index in [0.717, 1.165) is 35.7 Å². The van der Waals surface area contributed by atoms with E-state index in [1.165, 1.54) is 38.0 Å². The Morgan fingerprint density at radius 1 is 1.29 bits per heavy atom. The molecule has 0 bridgehead atoms. The minimum absolute atomic E-state index is 0.296. The Balaban J connectivity index is 1.38. The highest BCUT2D eigenvalue weighted by atomic mass is 79.9. The maximum Gasteiger partial charge on any atom is 0.123 e. The first kappa shape index (κ1) is 15.3. The number of hydrogen-bond acceptors (Lipinski definition) is 3. The zero-order valence-corrected chi connectivity index (χ0v) is 14.4. The summed E-state index contributed by atoms with van der Waals surface area (Å²) in [6.07, 6.45) is 3.99. The van der Waals surface area contributed by atoms with Gasteiger partial charge in [0, 0.05) is 17.4 Å². The summed E-state index contributed by atoms with van der Waals surface area (Å²) in [4.78, 5) is 2.55. The summed E-state index contributed by atoms with van der Waals surface area (Å²) in [5.74, 6) is 1.90. The molecule has 0 amide bonds. The number of likely N-dealkylation sites (tertiary alicyclic amines) is 1. The van der Waals surface area contributed by atoms with Crippen molar-refractivity contribution in [2.24, 2.45) is 5.92 Å². The molecule has 1 saturated heterocycles. The van der Waals surface area contributed by atoms with Crippen LogP contribution in [0.2, 0.25) is 0 Å². The number of nitrogens with zero attached hydrogens (tertiary/aromatic N) is 1. The second kappa shape index (κ2) is 7.12. The molecule has 3 nitrogen and oxygen atoms in total. The lowest BCUT2D eigenvalue weighted by Crippen LogP contribution is -2.39. The van der Waals surface area contributed by atoms with Crippen molar-refractivity contribution < 1.29 is 4.74 Å². The maximum absolute atomic E-state index is 5.99. The number of fused-ring (bicyclic) bond motifs is 1. The Kier molecular flexibility index (Phi) is 5.19. The predicted octanol–water partition coefficient (Wildman–Crippen LogP) is 3.07. The van der Waals surface area contributed by atoms with Crippen molar-refractivity contribution in [2.45, 2.75) is 32.3 Å². The normalized spacial score (nSPS) is 23.0. The Labute approximate surface area is 136 Å². The van der Waals surface area contributed by atoms with Gasteiger partial charge in [0.1, 0.15) is 11.9 Å². The standard InChI is InChI=1S/C17H25BrN2O/c1-2-20-7-5-13(6-8-20)11-19-12-16-10-14-9-15(18)3-4-17(14)21-16/h3-4,9,13,16,19H,2,5-8,10-12H2,1H3. The molecule has 2 heterocycles. The molecule has 2 aliphatic rings. The second-order valence-corrected chi connectivity index (χ2v) is 7.15. The van der Waals surface area contributed by atoms with Crippen LogP contribution in [0.3, 0.4) is 0 Å². The molecule has 0 spiro atoms. The van der Waals surface area contributed by atoms with Gasteiger partial charge in [-0.2, -0.15) is 0 Å². The molecule has 4 heteroatoms. The smallest absolute Gasteiger partial charge is 0.123 e. The van der Waals surface area contributed by atoms with E-state index in [-0.39, 0.29) is 0 Å². The van der Waals surface area contributed by atoms with Gasteiger partial charge in [0.05, 0.1) is 0 Å². The molecule has 1 atom stereocenters. The van der Waals surface area contributed by atoms with Crippen molar-refractivity contribution in [3.05, 3.63) is 28.2 Å². The first-order chi connectivity index (χ1) is 10.2.